The average Bonchev–Trinajstić information content (AvgIpc) is 4.12. The Bertz CT molecular complexity index is 2850. The minimum atomic E-state index is -3.73. The number of nitrogens with one attached hydrogen (secondary N) is 6. The molecule has 24 heteroatoms. The Morgan fingerprint density at radius 3 is 1.29 bits per heavy atom. The number of rotatable bonds is 27. The molecule has 6 N–H and O–H groups in total. The van der Waals surface area contributed by atoms with Gasteiger partial charge in [0, 0.05) is 61.4 Å². The Labute approximate surface area is 479 Å². The quantitative estimate of drug-likeness (QED) is 0.0350. The van der Waals surface area contributed by atoms with E-state index in [1.54, 1.807) is 60.7 Å². The summed E-state index contributed by atoms with van der Waals surface area (Å²) in [5, 5.41) is 31.1. The second kappa shape index (κ2) is 29.3. The Hall–Kier alpha value is -5.76. The van der Waals surface area contributed by atoms with E-state index in [1.165, 1.54) is 0 Å². The van der Waals surface area contributed by atoms with Crippen molar-refractivity contribution in [3.05, 3.63) is 116 Å². The molecule has 4 aromatic carbocycles. The summed E-state index contributed by atoms with van der Waals surface area (Å²) < 4.78 is 82.4. The van der Waals surface area contributed by atoms with E-state index in [9.17, 15) is 36.9 Å². The van der Waals surface area contributed by atoms with Crippen LogP contribution < -0.4 is 40.2 Å². The Morgan fingerprint density at radius 2 is 0.912 bits per heavy atom. The molecule has 2 atom stereocenters. The Kier molecular flexibility index (Phi) is 22.1. The lowest BCUT2D eigenvalue weighted by molar-refractivity contribution is 0.0952. The van der Waals surface area contributed by atoms with Crippen LogP contribution >= 0.6 is 23.2 Å². The van der Waals surface area contributed by atoms with Gasteiger partial charge in [0.25, 0.3) is 0 Å². The number of sulfonamides is 2. The predicted octanol–water partition coefficient (Wildman–Crippen LogP) is 6.47. The number of ether oxygens (including phenoxy) is 4. The van der Waals surface area contributed by atoms with Crippen LogP contribution in [0.5, 0.6) is 11.5 Å². The number of nitrogens with zero attached hydrogens (tertiary/aromatic N) is 4. The van der Waals surface area contributed by atoms with E-state index in [0.717, 1.165) is 48.4 Å². The van der Waals surface area contributed by atoms with Crippen molar-refractivity contribution in [2.24, 2.45) is 0 Å². The smallest absolute Gasteiger partial charge is 0.314 e. The van der Waals surface area contributed by atoms with Crippen molar-refractivity contribution in [1.82, 2.24) is 40.5 Å². The SMILES string of the molecule is N#Cc1cc(Cl)cc2c1CC[C@H]2Oc1ccc(S(=O)(=O)NC2CCN(CCOCCNC(=O)NCCCCNC(=O)NCCOCCN3CCC(NS(=O)(=O)c4ccc(O[C@@H]5CCc6c(C#N)cc(Cl)cc65)cc4)CC3)CC2)cc1. The highest BCUT2D eigenvalue weighted by Crippen LogP contribution is 2.40. The van der Waals surface area contributed by atoms with Gasteiger partial charge >= 0.3 is 12.1 Å². The van der Waals surface area contributed by atoms with E-state index in [-0.39, 0.29) is 46.1 Å². The van der Waals surface area contributed by atoms with Gasteiger partial charge in [0.05, 0.1) is 59.5 Å². The number of hydrogen-bond acceptors (Lipinski definition) is 14. The minimum absolute atomic E-state index is 0.164. The zero-order valence-corrected chi connectivity index (χ0v) is 47.8. The number of piperidine rings is 2. The Balaban J connectivity index is 0.575. The number of carbonyl (C=O) groups is 2. The first-order valence-electron chi connectivity index (χ1n) is 27.3. The van der Waals surface area contributed by atoms with Gasteiger partial charge in [-0.3, -0.25) is 0 Å². The standard InChI is InChI=1S/C56H70Cl2N10O10S2/c57-41-33-39(37-59)49-11-13-53(51(49)35-41)77-45-3-7-47(8-4-45)79(71,72)65-43-15-23-67(24-16-43)27-31-75-29-21-63-55(69)61-19-1-2-20-62-56(70)64-22-30-76-32-28-68-25-17-44(18-26-68)66-80(73,74)48-9-5-46(6-10-48)78-54-14-12-50-40(38-60)34-42(58)36-52(50)54/h3-10,33-36,43-44,53-54,65-66H,1-2,11-32H2,(H2,61,63,69)(H2,62,64,70)/t53-,54-/m1/s1. The Morgan fingerprint density at radius 1 is 0.537 bits per heavy atom. The van der Waals surface area contributed by atoms with E-state index in [1.807, 2.05) is 12.1 Å². The van der Waals surface area contributed by atoms with Crippen LogP contribution in [0, 0.1) is 22.7 Å². The number of likely N-dealkylation sites (tertiary alicyclic amines) is 2. The fourth-order valence-corrected chi connectivity index (χ4v) is 13.5. The van der Waals surface area contributed by atoms with Gasteiger partial charge in [0.15, 0.2) is 0 Å². The number of amides is 4. The van der Waals surface area contributed by atoms with Crippen LogP contribution in [-0.2, 0) is 42.4 Å². The molecule has 0 bridgehead atoms. The van der Waals surface area contributed by atoms with Crippen molar-refractivity contribution < 1.29 is 45.4 Å². The molecule has 0 aromatic heterocycles. The summed E-state index contributed by atoms with van der Waals surface area (Å²) in [5.41, 5.74) is 4.78. The van der Waals surface area contributed by atoms with Crippen LogP contribution in [0.25, 0.3) is 0 Å². The molecule has 0 saturated carbocycles. The molecule has 4 aromatic rings. The highest BCUT2D eigenvalue weighted by molar-refractivity contribution is 7.89. The molecule has 20 nitrogen and oxygen atoms in total. The predicted molar refractivity (Wildman–Crippen MR) is 302 cm³/mol. The number of unbranched alkanes of at least 4 members (excludes halogenated alkanes) is 1. The zero-order chi connectivity index (χ0) is 56.5. The molecular weight excluding hydrogens is 1110 g/mol. The third kappa shape index (κ3) is 17.4. The van der Waals surface area contributed by atoms with Crippen molar-refractivity contribution in [2.75, 3.05) is 91.9 Å². The van der Waals surface area contributed by atoms with Crippen LogP contribution in [0.3, 0.4) is 0 Å². The molecule has 80 heavy (non-hydrogen) atoms. The summed E-state index contributed by atoms with van der Waals surface area (Å²) >= 11 is 12.5. The molecule has 2 aliphatic heterocycles. The maximum absolute atomic E-state index is 13.2. The average molecular weight is 1180 g/mol. The molecule has 4 aliphatic rings. The first-order valence-corrected chi connectivity index (χ1v) is 31.0. The number of carbonyl (C=O) groups excluding carboxylic acids is 2. The lowest BCUT2D eigenvalue weighted by atomic mass is 10.0. The third-order valence-corrected chi connectivity index (χ3v) is 18.2. The van der Waals surface area contributed by atoms with Crippen LogP contribution in [0.1, 0.15) is 97.0 Å². The lowest BCUT2D eigenvalue weighted by Crippen LogP contribution is -2.45. The molecule has 8 rings (SSSR count). The van der Waals surface area contributed by atoms with Crippen molar-refractivity contribution >= 4 is 55.3 Å². The second-order valence-electron chi connectivity index (χ2n) is 20.3. The van der Waals surface area contributed by atoms with Gasteiger partial charge in [-0.2, -0.15) is 10.5 Å². The van der Waals surface area contributed by atoms with E-state index in [0.29, 0.717) is 163 Å². The number of urea groups is 2. The number of hydrogen-bond donors (Lipinski definition) is 6. The van der Waals surface area contributed by atoms with Gasteiger partial charge in [-0.25, -0.2) is 35.9 Å². The van der Waals surface area contributed by atoms with E-state index >= 15 is 0 Å². The van der Waals surface area contributed by atoms with Gasteiger partial charge in [0.1, 0.15) is 23.7 Å². The van der Waals surface area contributed by atoms with Crippen LogP contribution in [0.4, 0.5) is 9.59 Å². The van der Waals surface area contributed by atoms with E-state index < -0.39 is 20.0 Å². The highest BCUT2D eigenvalue weighted by atomic mass is 35.5. The number of fused-ring (bicyclic) bond motifs is 2. The van der Waals surface area contributed by atoms with E-state index in [4.69, 9.17) is 42.1 Å². The number of benzene rings is 4. The van der Waals surface area contributed by atoms with Crippen LogP contribution in [0.15, 0.2) is 82.6 Å². The largest absolute Gasteiger partial charge is 0.486 e. The van der Waals surface area contributed by atoms with Crippen molar-refractivity contribution in [3.63, 3.8) is 0 Å². The maximum Gasteiger partial charge on any atom is 0.314 e. The second-order valence-corrected chi connectivity index (χ2v) is 24.6. The number of nitriles is 2. The summed E-state index contributed by atoms with van der Waals surface area (Å²) in [6, 6.07) is 23.2. The maximum atomic E-state index is 13.2. The first kappa shape index (κ1) is 60.3. The molecule has 0 radical (unpaired) electrons. The fourth-order valence-electron chi connectivity index (χ4n) is 10.4. The topological polar surface area (TPSA) is 266 Å². The highest BCUT2D eigenvalue weighted by Gasteiger charge is 2.31. The third-order valence-electron chi connectivity index (χ3n) is 14.7. The van der Waals surface area contributed by atoms with Crippen LogP contribution in [-0.4, -0.2) is 143 Å². The molecule has 4 amide bonds. The van der Waals surface area contributed by atoms with Gasteiger partial charge in [-0.1, -0.05) is 23.2 Å². The van der Waals surface area contributed by atoms with Gasteiger partial charge < -0.3 is 50.0 Å². The summed E-state index contributed by atoms with van der Waals surface area (Å²) in [5.74, 6) is 1.07. The zero-order valence-electron chi connectivity index (χ0n) is 44.7. The molecule has 2 fully saturated rings. The molecular formula is C56H70Cl2N10O10S2. The normalized spacial score (nSPS) is 17.9. The van der Waals surface area contributed by atoms with Gasteiger partial charge in [-0.15, -0.1) is 0 Å². The number of halogens is 2. The van der Waals surface area contributed by atoms with Gasteiger partial charge in [-0.05, 0) is 185 Å². The van der Waals surface area contributed by atoms with Crippen molar-refractivity contribution in [1.29, 1.82) is 10.5 Å². The molecule has 0 spiro atoms. The molecule has 2 saturated heterocycles. The molecule has 0 unspecified atom stereocenters. The van der Waals surface area contributed by atoms with Crippen molar-refractivity contribution in [2.45, 2.75) is 98.3 Å². The lowest BCUT2D eigenvalue weighted by Gasteiger charge is -2.32. The summed E-state index contributed by atoms with van der Waals surface area (Å²) in [4.78, 5) is 29.2. The van der Waals surface area contributed by atoms with Crippen LogP contribution in [0.2, 0.25) is 10.0 Å². The summed E-state index contributed by atoms with van der Waals surface area (Å²) in [6.07, 6.45) is 6.32. The first-order chi connectivity index (χ1) is 38.7. The summed E-state index contributed by atoms with van der Waals surface area (Å²) in [7, 11) is -7.47. The molecule has 2 heterocycles. The van der Waals surface area contributed by atoms with Gasteiger partial charge in [0.2, 0.25) is 20.0 Å². The summed E-state index contributed by atoms with van der Waals surface area (Å²) in [6.45, 7) is 7.57. The van der Waals surface area contributed by atoms with Crippen molar-refractivity contribution in [3.8, 4) is 23.6 Å². The minimum Gasteiger partial charge on any atom is -0.486 e. The fraction of sp³-hybridized carbons (Fsp3) is 0.500. The molecule has 430 valence electrons. The monoisotopic (exact) mass is 1180 g/mol. The van der Waals surface area contributed by atoms with E-state index in [2.05, 4.69) is 52.6 Å². The molecule has 2 aliphatic carbocycles.